The van der Waals surface area contributed by atoms with Crippen molar-refractivity contribution in [3.63, 3.8) is 0 Å². The van der Waals surface area contributed by atoms with E-state index in [-0.39, 0.29) is 11.7 Å². The van der Waals surface area contributed by atoms with Gasteiger partial charge in [-0.1, -0.05) is 23.7 Å². The van der Waals surface area contributed by atoms with E-state index in [4.69, 9.17) is 11.6 Å². The maximum atomic E-state index is 12.8. The highest BCUT2D eigenvalue weighted by molar-refractivity contribution is 6.30. The van der Waals surface area contributed by atoms with E-state index in [2.05, 4.69) is 15.8 Å². The fourth-order valence-corrected chi connectivity index (χ4v) is 2.41. The molecular formula is C21H15ClFN3O2. The van der Waals surface area contributed by atoms with E-state index in [0.29, 0.717) is 27.4 Å². The fraction of sp³-hybridized carbons (Fsp3) is 0. The van der Waals surface area contributed by atoms with Crippen LogP contribution >= 0.6 is 11.6 Å². The van der Waals surface area contributed by atoms with Crippen LogP contribution in [0.4, 0.5) is 10.1 Å². The minimum atomic E-state index is -0.408. The highest BCUT2D eigenvalue weighted by Crippen LogP contribution is 2.14. The number of halogens is 2. The number of anilines is 1. The summed E-state index contributed by atoms with van der Waals surface area (Å²) in [6.07, 6.45) is 1.41. The number of nitrogens with zero attached hydrogens (tertiary/aromatic N) is 1. The Hall–Kier alpha value is -3.51. The molecule has 28 heavy (non-hydrogen) atoms. The summed E-state index contributed by atoms with van der Waals surface area (Å²) < 4.78 is 12.8. The van der Waals surface area contributed by atoms with Crippen molar-refractivity contribution in [2.24, 2.45) is 5.10 Å². The van der Waals surface area contributed by atoms with E-state index in [9.17, 15) is 14.0 Å². The summed E-state index contributed by atoms with van der Waals surface area (Å²) >= 11 is 5.81. The molecule has 0 heterocycles. The molecule has 0 fully saturated rings. The minimum absolute atomic E-state index is 0.280. The van der Waals surface area contributed by atoms with E-state index < -0.39 is 5.91 Å². The van der Waals surface area contributed by atoms with Crippen molar-refractivity contribution in [1.82, 2.24) is 5.43 Å². The third kappa shape index (κ3) is 5.25. The molecule has 3 aromatic rings. The molecule has 0 radical (unpaired) electrons. The highest BCUT2D eigenvalue weighted by atomic mass is 35.5. The van der Waals surface area contributed by atoms with E-state index in [0.717, 1.165) is 0 Å². The van der Waals surface area contributed by atoms with Gasteiger partial charge < -0.3 is 5.32 Å². The quantitative estimate of drug-likeness (QED) is 0.493. The van der Waals surface area contributed by atoms with Crippen LogP contribution in [0.2, 0.25) is 5.02 Å². The molecule has 140 valence electrons. The second kappa shape index (κ2) is 8.92. The maximum Gasteiger partial charge on any atom is 0.271 e. The number of carbonyl (C=O) groups is 2. The van der Waals surface area contributed by atoms with Crippen LogP contribution in [0.15, 0.2) is 77.9 Å². The second-order valence-electron chi connectivity index (χ2n) is 5.79. The fourth-order valence-electron chi connectivity index (χ4n) is 2.29. The van der Waals surface area contributed by atoms with Crippen LogP contribution < -0.4 is 10.7 Å². The number of hydrogen-bond acceptors (Lipinski definition) is 3. The zero-order valence-corrected chi connectivity index (χ0v) is 15.3. The number of hydrogen-bond donors (Lipinski definition) is 2. The third-order valence-corrected chi connectivity index (χ3v) is 4.01. The Morgan fingerprint density at radius 1 is 0.821 bits per heavy atom. The second-order valence-corrected chi connectivity index (χ2v) is 6.23. The summed E-state index contributed by atoms with van der Waals surface area (Å²) in [7, 11) is 0. The van der Waals surface area contributed by atoms with Gasteiger partial charge in [0.1, 0.15) is 5.82 Å². The predicted octanol–water partition coefficient (Wildman–Crippen LogP) is 4.50. The molecule has 0 saturated heterocycles. The topological polar surface area (TPSA) is 70.6 Å². The first-order valence-corrected chi connectivity index (χ1v) is 8.65. The van der Waals surface area contributed by atoms with Gasteiger partial charge in [-0.3, -0.25) is 9.59 Å². The van der Waals surface area contributed by atoms with Crippen LogP contribution in [-0.2, 0) is 0 Å². The van der Waals surface area contributed by atoms with Crippen LogP contribution in [0.25, 0.3) is 0 Å². The predicted molar refractivity (Wildman–Crippen MR) is 107 cm³/mol. The van der Waals surface area contributed by atoms with Gasteiger partial charge in [-0.15, -0.1) is 0 Å². The van der Waals surface area contributed by atoms with Crippen molar-refractivity contribution < 1.29 is 14.0 Å². The Morgan fingerprint density at radius 3 is 2.04 bits per heavy atom. The number of hydrazone groups is 1. The number of benzene rings is 3. The summed E-state index contributed by atoms with van der Waals surface area (Å²) in [5.74, 6) is -1.03. The lowest BCUT2D eigenvalue weighted by Gasteiger charge is -2.06. The average Bonchev–Trinajstić information content (AvgIpc) is 2.70. The number of carbonyl (C=O) groups excluding carboxylic acids is 2. The molecule has 2 N–H and O–H groups in total. The molecule has 0 spiro atoms. The summed E-state index contributed by atoms with van der Waals surface area (Å²) in [5, 5.41) is 7.13. The molecule has 3 rings (SSSR count). The van der Waals surface area contributed by atoms with E-state index >= 15 is 0 Å². The Labute approximate surface area is 165 Å². The SMILES string of the molecule is O=C(N/N=C/c1ccc(F)cc1)c1ccc(NC(=O)c2ccc(Cl)cc2)cc1. The first-order valence-electron chi connectivity index (χ1n) is 8.27. The van der Waals surface area contributed by atoms with Crippen molar-refractivity contribution in [2.45, 2.75) is 0 Å². The monoisotopic (exact) mass is 395 g/mol. The summed E-state index contributed by atoms with van der Waals surface area (Å²) in [4.78, 5) is 24.3. The molecule has 0 atom stereocenters. The van der Waals surface area contributed by atoms with Crippen LogP contribution in [0.3, 0.4) is 0 Å². The molecule has 5 nitrogen and oxygen atoms in total. The van der Waals surface area contributed by atoms with E-state index in [1.807, 2.05) is 0 Å². The molecular weight excluding hydrogens is 381 g/mol. The highest BCUT2D eigenvalue weighted by Gasteiger charge is 2.08. The Bertz CT molecular complexity index is 1000. The van der Waals surface area contributed by atoms with E-state index in [1.54, 1.807) is 60.7 Å². The Morgan fingerprint density at radius 2 is 1.39 bits per heavy atom. The van der Waals surface area contributed by atoms with Gasteiger partial charge in [0.15, 0.2) is 0 Å². The zero-order chi connectivity index (χ0) is 19.9. The smallest absolute Gasteiger partial charge is 0.271 e. The molecule has 0 unspecified atom stereocenters. The van der Waals surface area contributed by atoms with Gasteiger partial charge >= 0.3 is 0 Å². The third-order valence-electron chi connectivity index (χ3n) is 3.76. The molecule has 0 aliphatic rings. The average molecular weight is 396 g/mol. The first kappa shape index (κ1) is 19.3. The van der Waals surface area contributed by atoms with Gasteiger partial charge in [-0.2, -0.15) is 5.10 Å². The van der Waals surface area contributed by atoms with Gasteiger partial charge in [-0.05, 0) is 66.2 Å². The minimum Gasteiger partial charge on any atom is -0.322 e. The van der Waals surface area contributed by atoms with Crippen LogP contribution in [0.1, 0.15) is 26.3 Å². The number of amides is 2. The summed E-state index contributed by atoms with van der Waals surface area (Å²) in [6.45, 7) is 0. The van der Waals surface area contributed by atoms with Crippen molar-refractivity contribution >= 4 is 35.3 Å². The van der Waals surface area contributed by atoms with Gasteiger partial charge in [0.2, 0.25) is 0 Å². The van der Waals surface area contributed by atoms with Crippen LogP contribution in [0.5, 0.6) is 0 Å². The summed E-state index contributed by atoms with van der Waals surface area (Å²) in [6, 6.07) is 18.6. The molecule has 2 amide bonds. The molecule has 7 heteroatoms. The molecule has 3 aromatic carbocycles. The Balaban J connectivity index is 1.57. The maximum absolute atomic E-state index is 12.8. The lowest BCUT2D eigenvalue weighted by molar-refractivity contribution is 0.0954. The van der Waals surface area contributed by atoms with Crippen molar-refractivity contribution in [2.75, 3.05) is 5.32 Å². The molecule has 0 aliphatic heterocycles. The Kier molecular flexibility index (Phi) is 6.14. The van der Waals surface area contributed by atoms with Crippen LogP contribution in [0, 0.1) is 5.82 Å². The van der Waals surface area contributed by atoms with Crippen molar-refractivity contribution in [1.29, 1.82) is 0 Å². The summed E-state index contributed by atoms with van der Waals surface area (Å²) in [5.41, 5.74) is 4.44. The zero-order valence-electron chi connectivity index (χ0n) is 14.5. The lowest BCUT2D eigenvalue weighted by atomic mass is 10.1. The normalized spacial score (nSPS) is 10.6. The van der Waals surface area contributed by atoms with Gasteiger partial charge in [0.25, 0.3) is 11.8 Å². The largest absolute Gasteiger partial charge is 0.322 e. The first-order chi connectivity index (χ1) is 13.5. The molecule has 0 aromatic heterocycles. The van der Waals surface area contributed by atoms with Crippen molar-refractivity contribution in [3.05, 3.63) is 100 Å². The van der Waals surface area contributed by atoms with Crippen LogP contribution in [-0.4, -0.2) is 18.0 Å². The molecule has 0 bridgehead atoms. The van der Waals surface area contributed by atoms with Crippen molar-refractivity contribution in [3.8, 4) is 0 Å². The van der Waals surface area contributed by atoms with Gasteiger partial charge in [0.05, 0.1) is 6.21 Å². The number of nitrogens with one attached hydrogen (secondary N) is 2. The lowest BCUT2D eigenvalue weighted by Crippen LogP contribution is -2.17. The molecule has 0 saturated carbocycles. The van der Waals surface area contributed by atoms with E-state index in [1.165, 1.54) is 18.3 Å². The number of rotatable bonds is 5. The van der Waals surface area contributed by atoms with Gasteiger partial charge in [0, 0.05) is 21.8 Å². The van der Waals surface area contributed by atoms with Gasteiger partial charge in [-0.25, -0.2) is 9.82 Å². The molecule has 0 aliphatic carbocycles. The standard InChI is InChI=1S/C21H15ClFN3O2/c22-17-7-3-15(4-8-17)20(27)25-19-11-5-16(6-12-19)21(28)26-24-13-14-1-9-18(23)10-2-14/h1-13H,(H,25,27)(H,26,28)/b24-13+.